The second kappa shape index (κ2) is 5.98. The lowest BCUT2D eigenvalue weighted by atomic mass is 10.1. The molecule has 0 amide bonds. The number of nitriles is 1. The first-order valence-corrected chi connectivity index (χ1v) is 6.92. The van der Waals surface area contributed by atoms with E-state index in [1.54, 1.807) is 25.1 Å². The molecule has 0 saturated heterocycles. The van der Waals surface area contributed by atoms with Gasteiger partial charge in [0, 0.05) is 0 Å². The van der Waals surface area contributed by atoms with Gasteiger partial charge in [0.25, 0.3) is 5.56 Å². The standard InChI is InChI=1S/C15H14ClN3O2/c1-3-5-10-13(16)18-15(21)19(14(10)20)12-7-4-6-9(2)11(12)8-17/h4,6-7H,3,5H2,1-2H3,(H,18,21). The Morgan fingerprint density at radius 3 is 2.71 bits per heavy atom. The zero-order chi connectivity index (χ0) is 15.6. The maximum Gasteiger partial charge on any atom is 0.334 e. The van der Waals surface area contributed by atoms with Gasteiger partial charge in [0.1, 0.15) is 11.2 Å². The van der Waals surface area contributed by atoms with E-state index in [1.807, 2.05) is 13.0 Å². The van der Waals surface area contributed by atoms with Gasteiger partial charge in [-0.05, 0) is 25.0 Å². The summed E-state index contributed by atoms with van der Waals surface area (Å²) in [6.45, 7) is 3.67. The molecule has 0 aliphatic rings. The second-order valence-corrected chi connectivity index (χ2v) is 5.07. The molecule has 1 heterocycles. The third-order valence-electron chi connectivity index (χ3n) is 3.25. The summed E-state index contributed by atoms with van der Waals surface area (Å²) in [6, 6.07) is 7.07. The molecule has 6 heteroatoms. The van der Waals surface area contributed by atoms with Gasteiger partial charge in [0.2, 0.25) is 0 Å². The van der Waals surface area contributed by atoms with Crippen molar-refractivity contribution in [3.8, 4) is 11.8 Å². The first kappa shape index (κ1) is 15.1. The van der Waals surface area contributed by atoms with Crippen LogP contribution in [0.2, 0.25) is 5.15 Å². The van der Waals surface area contributed by atoms with Crippen LogP contribution >= 0.6 is 11.6 Å². The van der Waals surface area contributed by atoms with E-state index in [0.717, 1.165) is 11.0 Å². The molecule has 0 atom stereocenters. The zero-order valence-corrected chi connectivity index (χ0v) is 12.5. The molecule has 0 aliphatic carbocycles. The molecule has 2 aromatic rings. The van der Waals surface area contributed by atoms with E-state index in [-0.39, 0.29) is 10.8 Å². The van der Waals surface area contributed by atoms with Gasteiger partial charge in [0.15, 0.2) is 0 Å². The number of aromatic nitrogens is 2. The highest BCUT2D eigenvalue weighted by Crippen LogP contribution is 2.16. The van der Waals surface area contributed by atoms with Crippen LogP contribution in [-0.4, -0.2) is 9.55 Å². The van der Waals surface area contributed by atoms with Crippen LogP contribution in [0, 0.1) is 18.3 Å². The van der Waals surface area contributed by atoms with Gasteiger partial charge in [-0.1, -0.05) is 37.1 Å². The smallest absolute Gasteiger partial charge is 0.297 e. The van der Waals surface area contributed by atoms with Crippen molar-refractivity contribution in [3.05, 3.63) is 60.9 Å². The number of aryl methyl sites for hydroxylation is 1. The van der Waals surface area contributed by atoms with Crippen LogP contribution in [0.5, 0.6) is 0 Å². The molecule has 108 valence electrons. The molecule has 2 rings (SSSR count). The number of H-pyrrole nitrogens is 1. The minimum Gasteiger partial charge on any atom is -0.297 e. The Hall–Kier alpha value is -2.32. The van der Waals surface area contributed by atoms with Crippen LogP contribution in [0.3, 0.4) is 0 Å². The third-order valence-corrected chi connectivity index (χ3v) is 3.57. The van der Waals surface area contributed by atoms with E-state index in [1.165, 1.54) is 0 Å². The fraction of sp³-hybridized carbons (Fsp3) is 0.267. The van der Waals surface area contributed by atoms with E-state index >= 15 is 0 Å². The van der Waals surface area contributed by atoms with E-state index in [4.69, 9.17) is 11.6 Å². The van der Waals surface area contributed by atoms with Crippen molar-refractivity contribution in [1.82, 2.24) is 9.55 Å². The summed E-state index contributed by atoms with van der Waals surface area (Å²) in [5.74, 6) is 0. The first-order valence-electron chi connectivity index (χ1n) is 6.55. The number of nitrogens with zero attached hydrogens (tertiary/aromatic N) is 2. The average Bonchev–Trinajstić information content (AvgIpc) is 2.43. The Labute approximate surface area is 126 Å². The van der Waals surface area contributed by atoms with Gasteiger partial charge >= 0.3 is 5.69 Å². The van der Waals surface area contributed by atoms with E-state index in [0.29, 0.717) is 23.1 Å². The topological polar surface area (TPSA) is 78.7 Å². The van der Waals surface area contributed by atoms with E-state index in [9.17, 15) is 14.9 Å². The minimum atomic E-state index is -0.646. The lowest BCUT2D eigenvalue weighted by Crippen LogP contribution is -2.36. The highest BCUT2D eigenvalue weighted by molar-refractivity contribution is 6.30. The molecule has 0 radical (unpaired) electrons. The number of nitrogens with one attached hydrogen (secondary N) is 1. The molecule has 0 aliphatic heterocycles. The SMILES string of the molecule is CCCc1c(Cl)[nH]c(=O)n(-c2cccc(C)c2C#N)c1=O. The number of aromatic amines is 1. The molecular formula is C15H14ClN3O2. The number of halogens is 1. The van der Waals surface area contributed by atoms with E-state index in [2.05, 4.69) is 4.98 Å². The Morgan fingerprint density at radius 2 is 2.10 bits per heavy atom. The minimum absolute atomic E-state index is 0.0641. The quantitative estimate of drug-likeness (QED) is 0.884. The van der Waals surface area contributed by atoms with Crippen molar-refractivity contribution < 1.29 is 0 Å². The van der Waals surface area contributed by atoms with Gasteiger partial charge in [0.05, 0.1) is 16.8 Å². The molecule has 21 heavy (non-hydrogen) atoms. The number of hydrogen-bond acceptors (Lipinski definition) is 3. The molecular weight excluding hydrogens is 290 g/mol. The molecule has 0 bridgehead atoms. The van der Waals surface area contributed by atoms with Gasteiger partial charge < -0.3 is 0 Å². The predicted octanol–water partition coefficient (Wildman–Crippen LogP) is 2.31. The highest BCUT2D eigenvalue weighted by atomic mass is 35.5. The highest BCUT2D eigenvalue weighted by Gasteiger charge is 2.16. The Kier molecular flexibility index (Phi) is 4.29. The molecule has 0 fully saturated rings. The van der Waals surface area contributed by atoms with Crippen molar-refractivity contribution in [2.45, 2.75) is 26.7 Å². The molecule has 1 aromatic carbocycles. The van der Waals surface area contributed by atoms with Gasteiger partial charge in [-0.2, -0.15) is 5.26 Å². The summed E-state index contributed by atoms with van der Waals surface area (Å²) in [5.41, 5.74) is 0.504. The molecule has 5 nitrogen and oxygen atoms in total. The Balaban J connectivity index is 2.86. The van der Waals surface area contributed by atoms with Crippen LogP contribution in [0.25, 0.3) is 5.69 Å². The van der Waals surface area contributed by atoms with Crippen LogP contribution in [0.15, 0.2) is 27.8 Å². The summed E-state index contributed by atoms with van der Waals surface area (Å²) in [6.07, 6.45) is 1.18. The van der Waals surface area contributed by atoms with Crippen LogP contribution in [-0.2, 0) is 6.42 Å². The lowest BCUT2D eigenvalue weighted by Gasteiger charge is -2.11. The van der Waals surface area contributed by atoms with Crippen molar-refractivity contribution in [3.63, 3.8) is 0 Å². The molecule has 0 saturated carbocycles. The van der Waals surface area contributed by atoms with E-state index < -0.39 is 11.2 Å². The van der Waals surface area contributed by atoms with Gasteiger partial charge in [-0.3, -0.25) is 9.78 Å². The van der Waals surface area contributed by atoms with Gasteiger partial charge in [-0.15, -0.1) is 0 Å². The average molecular weight is 304 g/mol. The maximum atomic E-state index is 12.5. The Morgan fingerprint density at radius 1 is 1.38 bits per heavy atom. The predicted molar refractivity (Wildman–Crippen MR) is 81.1 cm³/mol. The first-order chi connectivity index (χ1) is 10.0. The summed E-state index contributed by atoms with van der Waals surface area (Å²) >= 11 is 5.94. The largest absolute Gasteiger partial charge is 0.334 e. The zero-order valence-electron chi connectivity index (χ0n) is 11.7. The van der Waals surface area contributed by atoms with Crippen LogP contribution in [0.1, 0.15) is 30.0 Å². The molecule has 0 spiro atoms. The lowest BCUT2D eigenvalue weighted by molar-refractivity contribution is 0.810. The fourth-order valence-corrected chi connectivity index (χ4v) is 2.47. The summed E-state index contributed by atoms with van der Waals surface area (Å²) < 4.78 is 0.975. The van der Waals surface area contributed by atoms with Crippen molar-refractivity contribution >= 4 is 11.6 Å². The van der Waals surface area contributed by atoms with Crippen molar-refractivity contribution in [2.75, 3.05) is 0 Å². The second-order valence-electron chi connectivity index (χ2n) is 4.69. The third kappa shape index (κ3) is 2.63. The number of hydrogen-bond donors (Lipinski definition) is 1. The van der Waals surface area contributed by atoms with Crippen molar-refractivity contribution in [1.29, 1.82) is 5.26 Å². The van der Waals surface area contributed by atoms with Gasteiger partial charge in [-0.25, -0.2) is 9.36 Å². The summed E-state index contributed by atoms with van der Waals surface area (Å²) in [4.78, 5) is 27.1. The normalized spacial score (nSPS) is 10.4. The van der Waals surface area contributed by atoms with Crippen LogP contribution in [0.4, 0.5) is 0 Å². The Bertz CT molecular complexity index is 843. The van der Waals surface area contributed by atoms with Crippen LogP contribution < -0.4 is 11.2 Å². The maximum absolute atomic E-state index is 12.5. The summed E-state index contributed by atoms with van der Waals surface area (Å²) in [7, 11) is 0. The fourth-order valence-electron chi connectivity index (χ4n) is 2.22. The number of rotatable bonds is 3. The molecule has 0 unspecified atom stereocenters. The molecule has 1 aromatic heterocycles. The molecule has 1 N–H and O–H groups in total. The summed E-state index contributed by atoms with van der Waals surface area (Å²) in [5, 5.41) is 9.33. The monoisotopic (exact) mass is 303 g/mol. The van der Waals surface area contributed by atoms with Crippen molar-refractivity contribution in [2.24, 2.45) is 0 Å². The number of benzene rings is 1.